The molecule has 2 rings (SSSR count). The van der Waals surface area contributed by atoms with Gasteiger partial charge in [-0.15, -0.1) is 0 Å². The summed E-state index contributed by atoms with van der Waals surface area (Å²) in [6.07, 6.45) is 1.46. The first kappa shape index (κ1) is 13.1. The highest BCUT2D eigenvalue weighted by atomic mass is 35.5. The molecule has 0 spiro atoms. The predicted octanol–water partition coefficient (Wildman–Crippen LogP) is 3.67. The van der Waals surface area contributed by atoms with Crippen LogP contribution in [0.3, 0.4) is 0 Å². The van der Waals surface area contributed by atoms with Crippen molar-refractivity contribution in [1.82, 2.24) is 9.97 Å². The van der Waals surface area contributed by atoms with Gasteiger partial charge in [0.05, 0.1) is 12.8 Å². The van der Waals surface area contributed by atoms with Gasteiger partial charge >= 0.3 is 0 Å². The monoisotopic (exact) mass is 283 g/mol. The number of benzene rings is 1. The van der Waals surface area contributed by atoms with Crippen molar-refractivity contribution in [2.45, 2.75) is 6.61 Å². The van der Waals surface area contributed by atoms with E-state index in [0.29, 0.717) is 17.4 Å². The fourth-order valence-corrected chi connectivity index (χ4v) is 1.76. The molecule has 1 N–H and O–H groups in total. The Balaban J connectivity index is 2.30. The molecule has 2 aromatic rings. The average Bonchev–Trinajstić information content (AvgIpc) is 2.36. The lowest BCUT2D eigenvalue weighted by molar-refractivity contribution is 0.185. The molecule has 0 fully saturated rings. The molecule has 0 radical (unpaired) electrons. The molecule has 0 saturated carbocycles. The van der Waals surface area contributed by atoms with Gasteiger partial charge in [-0.2, -0.15) is 4.98 Å². The number of para-hydroxylation sites is 1. The van der Waals surface area contributed by atoms with E-state index in [-0.39, 0.29) is 5.28 Å². The van der Waals surface area contributed by atoms with E-state index in [0.717, 1.165) is 11.3 Å². The van der Waals surface area contributed by atoms with Crippen LogP contribution in [0.5, 0.6) is 0 Å². The number of ether oxygens (including phenoxy) is 1. The van der Waals surface area contributed by atoms with Gasteiger partial charge in [0.15, 0.2) is 5.82 Å². The maximum atomic E-state index is 6.00. The van der Waals surface area contributed by atoms with Crippen LogP contribution in [0.1, 0.15) is 5.56 Å². The molecule has 18 heavy (non-hydrogen) atoms. The lowest BCUT2D eigenvalue weighted by Crippen LogP contribution is -2.00. The second-order valence-corrected chi connectivity index (χ2v) is 4.30. The minimum Gasteiger partial charge on any atom is -0.380 e. The van der Waals surface area contributed by atoms with Crippen molar-refractivity contribution >= 4 is 34.7 Å². The molecular formula is C12H11Cl2N3O. The van der Waals surface area contributed by atoms with Gasteiger partial charge in [0.1, 0.15) is 5.02 Å². The molecule has 0 atom stereocenters. The number of hydrogen-bond donors (Lipinski definition) is 1. The Bertz CT molecular complexity index is 549. The summed E-state index contributed by atoms with van der Waals surface area (Å²) in [7, 11) is 1.64. The second-order valence-electron chi connectivity index (χ2n) is 3.55. The molecule has 0 aliphatic rings. The molecule has 0 aliphatic heterocycles. The van der Waals surface area contributed by atoms with Crippen molar-refractivity contribution in [1.29, 1.82) is 0 Å². The van der Waals surface area contributed by atoms with Crippen LogP contribution in [0.25, 0.3) is 0 Å². The summed E-state index contributed by atoms with van der Waals surface area (Å²) in [4.78, 5) is 7.84. The number of nitrogens with one attached hydrogen (secondary N) is 1. The number of halogens is 2. The van der Waals surface area contributed by atoms with Crippen LogP contribution in [-0.2, 0) is 11.3 Å². The first-order chi connectivity index (χ1) is 8.70. The smallest absolute Gasteiger partial charge is 0.224 e. The van der Waals surface area contributed by atoms with Crippen LogP contribution in [0.2, 0.25) is 10.3 Å². The van der Waals surface area contributed by atoms with Crippen molar-refractivity contribution in [2.75, 3.05) is 12.4 Å². The molecule has 1 heterocycles. The van der Waals surface area contributed by atoms with E-state index in [1.807, 2.05) is 24.3 Å². The molecule has 4 nitrogen and oxygen atoms in total. The van der Waals surface area contributed by atoms with Gasteiger partial charge in [-0.1, -0.05) is 29.8 Å². The summed E-state index contributed by atoms with van der Waals surface area (Å²) < 4.78 is 5.13. The second kappa shape index (κ2) is 6.00. The minimum atomic E-state index is 0.145. The normalized spacial score (nSPS) is 10.4. The standard InChI is InChI=1S/C12H11Cl2N3O/c1-18-7-8-4-2-3-5-10(8)16-11-9(13)6-15-12(14)17-11/h2-6H,7H2,1H3,(H,15,16,17). The van der Waals surface area contributed by atoms with Gasteiger partial charge in [0.25, 0.3) is 0 Å². The van der Waals surface area contributed by atoms with E-state index in [9.17, 15) is 0 Å². The Labute approximate surface area is 115 Å². The third-order valence-corrected chi connectivity index (χ3v) is 2.74. The Morgan fingerprint density at radius 1 is 1.28 bits per heavy atom. The summed E-state index contributed by atoms with van der Waals surface area (Å²) in [5.41, 5.74) is 1.88. The maximum absolute atomic E-state index is 6.00. The lowest BCUT2D eigenvalue weighted by Gasteiger charge is -2.11. The zero-order chi connectivity index (χ0) is 13.0. The Morgan fingerprint density at radius 3 is 2.83 bits per heavy atom. The molecule has 0 amide bonds. The molecular weight excluding hydrogens is 273 g/mol. The van der Waals surface area contributed by atoms with E-state index in [4.69, 9.17) is 27.9 Å². The van der Waals surface area contributed by atoms with E-state index in [1.54, 1.807) is 7.11 Å². The van der Waals surface area contributed by atoms with Crippen molar-refractivity contribution in [3.63, 3.8) is 0 Å². The molecule has 1 aromatic carbocycles. The summed E-state index contributed by atoms with van der Waals surface area (Å²) >= 11 is 11.7. The van der Waals surface area contributed by atoms with Crippen molar-refractivity contribution in [3.8, 4) is 0 Å². The summed E-state index contributed by atoms with van der Waals surface area (Å²) in [5.74, 6) is 0.472. The third kappa shape index (κ3) is 3.10. The van der Waals surface area contributed by atoms with E-state index in [2.05, 4.69) is 15.3 Å². The highest BCUT2D eigenvalue weighted by Gasteiger charge is 2.07. The molecule has 1 aromatic heterocycles. The molecule has 6 heteroatoms. The van der Waals surface area contributed by atoms with Gasteiger partial charge in [-0.05, 0) is 17.7 Å². The Hall–Kier alpha value is -1.36. The van der Waals surface area contributed by atoms with Crippen LogP contribution in [-0.4, -0.2) is 17.1 Å². The van der Waals surface area contributed by atoms with Gasteiger partial charge < -0.3 is 10.1 Å². The molecule has 0 aliphatic carbocycles. The summed E-state index contributed by atoms with van der Waals surface area (Å²) in [6, 6.07) is 7.73. The van der Waals surface area contributed by atoms with Crippen molar-refractivity contribution < 1.29 is 4.74 Å². The molecule has 94 valence electrons. The van der Waals surface area contributed by atoms with E-state index < -0.39 is 0 Å². The number of hydrogen-bond acceptors (Lipinski definition) is 4. The topological polar surface area (TPSA) is 47.0 Å². The van der Waals surface area contributed by atoms with Crippen LogP contribution < -0.4 is 5.32 Å². The molecule has 0 saturated heterocycles. The fraction of sp³-hybridized carbons (Fsp3) is 0.167. The fourth-order valence-electron chi connectivity index (χ4n) is 1.48. The van der Waals surface area contributed by atoms with Crippen molar-refractivity contribution in [3.05, 3.63) is 46.3 Å². The number of aromatic nitrogens is 2. The average molecular weight is 284 g/mol. The molecule has 0 bridgehead atoms. The SMILES string of the molecule is COCc1ccccc1Nc1nc(Cl)ncc1Cl. The predicted molar refractivity (Wildman–Crippen MR) is 72.5 cm³/mol. The largest absolute Gasteiger partial charge is 0.380 e. The quantitative estimate of drug-likeness (QED) is 0.870. The number of anilines is 2. The highest BCUT2D eigenvalue weighted by molar-refractivity contribution is 6.33. The zero-order valence-corrected chi connectivity index (χ0v) is 11.2. The highest BCUT2D eigenvalue weighted by Crippen LogP contribution is 2.26. The van der Waals surface area contributed by atoms with Crippen LogP contribution in [0.15, 0.2) is 30.5 Å². The summed E-state index contributed by atoms with van der Waals surface area (Å²) in [5, 5.41) is 3.67. The number of nitrogens with zero attached hydrogens (tertiary/aromatic N) is 2. The van der Waals surface area contributed by atoms with Gasteiger partial charge in [0.2, 0.25) is 5.28 Å². The van der Waals surface area contributed by atoms with Crippen LogP contribution in [0, 0.1) is 0 Å². The van der Waals surface area contributed by atoms with Gasteiger partial charge in [-0.3, -0.25) is 0 Å². The maximum Gasteiger partial charge on any atom is 0.224 e. The van der Waals surface area contributed by atoms with E-state index >= 15 is 0 Å². The lowest BCUT2D eigenvalue weighted by atomic mass is 10.2. The van der Waals surface area contributed by atoms with Crippen LogP contribution in [0.4, 0.5) is 11.5 Å². The molecule has 0 unspecified atom stereocenters. The Kier molecular flexibility index (Phi) is 4.36. The third-order valence-electron chi connectivity index (χ3n) is 2.28. The Morgan fingerprint density at radius 2 is 2.06 bits per heavy atom. The first-order valence-corrected chi connectivity index (χ1v) is 5.98. The van der Waals surface area contributed by atoms with E-state index in [1.165, 1.54) is 6.20 Å². The number of rotatable bonds is 4. The van der Waals surface area contributed by atoms with Crippen molar-refractivity contribution in [2.24, 2.45) is 0 Å². The summed E-state index contributed by atoms with van der Waals surface area (Å²) in [6.45, 7) is 0.500. The van der Waals surface area contributed by atoms with Crippen LogP contribution >= 0.6 is 23.2 Å². The first-order valence-electron chi connectivity index (χ1n) is 5.22. The van der Waals surface area contributed by atoms with Gasteiger partial charge in [0, 0.05) is 18.4 Å². The number of methoxy groups -OCH3 is 1. The van der Waals surface area contributed by atoms with Gasteiger partial charge in [-0.25, -0.2) is 4.98 Å². The zero-order valence-electron chi connectivity index (χ0n) is 9.65. The minimum absolute atomic E-state index is 0.145.